The van der Waals surface area contributed by atoms with E-state index in [-0.39, 0.29) is 31.1 Å². The van der Waals surface area contributed by atoms with Crippen molar-refractivity contribution in [2.24, 2.45) is 0 Å². The number of carbonyl (C=O) groups excluding carboxylic acids is 3. The summed E-state index contributed by atoms with van der Waals surface area (Å²) in [4.78, 5) is 37.9. The molecule has 0 rings (SSSR count). The molecule has 73 heavy (non-hydrogen) atoms. The molecule has 0 heterocycles. The van der Waals surface area contributed by atoms with Crippen LogP contribution in [-0.2, 0) is 28.6 Å². The van der Waals surface area contributed by atoms with Crippen LogP contribution in [0.3, 0.4) is 0 Å². The Kier molecular flexibility index (Phi) is 57.8. The molecule has 0 aromatic heterocycles. The second-order valence-corrected chi connectivity index (χ2v) is 20.2. The summed E-state index contributed by atoms with van der Waals surface area (Å²) < 4.78 is 16.7. The van der Waals surface area contributed by atoms with E-state index < -0.39 is 6.10 Å². The largest absolute Gasteiger partial charge is 0.462 e. The molecule has 0 bridgehead atoms. The molecule has 1 atom stereocenters. The first-order valence-corrected chi connectivity index (χ1v) is 30.7. The first-order chi connectivity index (χ1) is 36.0. The normalized spacial score (nSPS) is 12.8. The summed E-state index contributed by atoms with van der Waals surface area (Å²) in [6.07, 6.45) is 81.7. The van der Waals surface area contributed by atoms with Gasteiger partial charge in [-0.3, -0.25) is 14.4 Å². The van der Waals surface area contributed by atoms with Gasteiger partial charge in [0.25, 0.3) is 0 Å². The number of carbonyl (C=O) groups is 3. The Morgan fingerprint density at radius 1 is 0.288 bits per heavy atom. The van der Waals surface area contributed by atoms with Crippen LogP contribution in [0.5, 0.6) is 0 Å². The molecule has 418 valence electrons. The number of unbranched alkanes of at least 4 members (excludes halogenated alkanes) is 28. The van der Waals surface area contributed by atoms with Gasteiger partial charge in [0.15, 0.2) is 6.10 Å². The molecule has 0 fully saturated rings. The monoisotopic (exact) mass is 1010 g/mol. The molecule has 0 aliphatic rings. The summed E-state index contributed by atoms with van der Waals surface area (Å²) in [6, 6.07) is 0. The number of allylic oxidation sites excluding steroid dienone is 16. The van der Waals surface area contributed by atoms with E-state index in [0.717, 1.165) is 128 Å². The summed E-state index contributed by atoms with van der Waals surface area (Å²) in [7, 11) is 0. The Morgan fingerprint density at radius 3 is 0.836 bits per heavy atom. The lowest BCUT2D eigenvalue weighted by Crippen LogP contribution is -2.30. The van der Waals surface area contributed by atoms with E-state index in [9.17, 15) is 14.4 Å². The van der Waals surface area contributed by atoms with Gasteiger partial charge in [0, 0.05) is 19.3 Å². The Balaban J connectivity index is 4.07. The molecule has 0 amide bonds. The number of ether oxygens (including phenoxy) is 3. The standard InChI is InChI=1S/C67H114O6/c1-4-7-10-13-15-17-19-21-23-25-27-29-30-31-32-33-34-35-36-38-39-41-43-45-47-49-51-54-57-60-66(69)72-63-64(62-71-65(68)59-56-53-12-9-6-3)73-67(70)61-58-55-52-50-48-46-44-42-40-37-28-26-24-22-20-18-16-14-11-8-5-2/h8,11,16,18-19,21-22,24-25,27-28,30-31,37,42,44,64H,4-7,9-10,12-15,17,20,23,26,29,32-36,38-41,43,45-63H2,1-3H3/b11-8-,18-16-,21-19-,24-22-,27-25-,31-30-,37-28-,44-42-. The van der Waals surface area contributed by atoms with Gasteiger partial charge in [-0.25, -0.2) is 0 Å². The van der Waals surface area contributed by atoms with Crippen LogP contribution in [-0.4, -0.2) is 37.2 Å². The zero-order valence-corrected chi connectivity index (χ0v) is 47.9. The first-order valence-electron chi connectivity index (χ1n) is 30.7. The van der Waals surface area contributed by atoms with E-state index in [4.69, 9.17) is 14.2 Å². The number of hydrogen-bond donors (Lipinski definition) is 0. The molecule has 1 unspecified atom stereocenters. The van der Waals surface area contributed by atoms with Gasteiger partial charge in [-0.05, 0) is 103 Å². The van der Waals surface area contributed by atoms with Gasteiger partial charge in [-0.2, -0.15) is 0 Å². The van der Waals surface area contributed by atoms with Crippen LogP contribution in [0.25, 0.3) is 0 Å². The molecule has 0 aromatic rings. The molecule has 0 spiro atoms. The number of rotatable bonds is 55. The van der Waals surface area contributed by atoms with Crippen molar-refractivity contribution in [1.29, 1.82) is 0 Å². The summed E-state index contributed by atoms with van der Waals surface area (Å²) >= 11 is 0. The van der Waals surface area contributed by atoms with Crippen LogP contribution in [0.4, 0.5) is 0 Å². The first kappa shape index (κ1) is 69.3. The predicted octanol–water partition coefficient (Wildman–Crippen LogP) is 20.9. The highest BCUT2D eigenvalue weighted by molar-refractivity contribution is 5.71. The van der Waals surface area contributed by atoms with Crippen LogP contribution in [0.15, 0.2) is 97.2 Å². The highest BCUT2D eigenvalue weighted by Crippen LogP contribution is 2.16. The van der Waals surface area contributed by atoms with Crippen molar-refractivity contribution in [3.8, 4) is 0 Å². The van der Waals surface area contributed by atoms with Crippen molar-refractivity contribution in [1.82, 2.24) is 0 Å². The average Bonchev–Trinajstić information content (AvgIpc) is 3.39. The second-order valence-electron chi connectivity index (χ2n) is 20.2. The van der Waals surface area contributed by atoms with E-state index in [1.807, 2.05) is 0 Å². The highest BCUT2D eigenvalue weighted by Gasteiger charge is 2.19. The molecule has 0 saturated heterocycles. The van der Waals surface area contributed by atoms with Crippen molar-refractivity contribution in [3.63, 3.8) is 0 Å². The topological polar surface area (TPSA) is 78.9 Å². The van der Waals surface area contributed by atoms with Crippen LogP contribution in [0.2, 0.25) is 0 Å². The lowest BCUT2D eigenvalue weighted by Gasteiger charge is -2.18. The van der Waals surface area contributed by atoms with Crippen molar-refractivity contribution in [2.45, 2.75) is 297 Å². The van der Waals surface area contributed by atoms with Crippen molar-refractivity contribution in [2.75, 3.05) is 13.2 Å². The quantitative estimate of drug-likeness (QED) is 0.0261. The predicted molar refractivity (Wildman–Crippen MR) is 316 cm³/mol. The molecule has 6 heteroatoms. The molecule has 0 N–H and O–H groups in total. The zero-order valence-electron chi connectivity index (χ0n) is 47.9. The minimum atomic E-state index is -0.785. The fourth-order valence-electron chi connectivity index (χ4n) is 8.48. The van der Waals surface area contributed by atoms with E-state index in [1.165, 1.54) is 122 Å². The van der Waals surface area contributed by atoms with Crippen molar-refractivity contribution < 1.29 is 28.6 Å². The maximum atomic E-state index is 12.8. The fraction of sp³-hybridized carbons (Fsp3) is 0.716. The van der Waals surface area contributed by atoms with Gasteiger partial charge < -0.3 is 14.2 Å². The number of esters is 3. The van der Waals surface area contributed by atoms with Crippen LogP contribution in [0.1, 0.15) is 290 Å². The summed E-state index contributed by atoms with van der Waals surface area (Å²) in [5.74, 6) is -0.915. The smallest absolute Gasteiger partial charge is 0.306 e. The van der Waals surface area contributed by atoms with Gasteiger partial charge in [-0.1, -0.05) is 266 Å². The van der Waals surface area contributed by atoms with Gasteiger partial charge in [0.05, 0.1) is 0 Å². The third-order valence-electron chi connectivity index (χ3n) is 13.1. The molecule has 0 aliphatic heterocycles. The molecule has 0 aromatic carbocycles. The number of hydrogen-bond acceptors (Lipinski definition) is 6. The van der Waals surface area contributed by atoms with Gasteiger partial charge in [0.1, 0.15) is 13.2 Å². The second kappa shape index (κ2) is 60.9. The minimum Gasteiger partial charge on any atom is -0.462 e. The maximum absolute atomic E-state index is 12.8. The van der Waals surface area contributed by atoms with Gasteiger partial charge in [-0.15, -0.1) is 0 Å². The molecular formula is C67H114O6. The Hall–Kier alpha value is -3.67. The molecule has 0 aliphatic carbocycles. The van der Waals surface area contributed by atoms with Crippen molar-refractivity contribution in [3.05, 3.63) is 97.2 Å². The summed E-state index contributed by atoms with van der Waals surface area (Å²) in [5, 5.41) is 0. The lowest BCUT2D eigenvalue weighted by molar-refractivity contribution is -0.167. The van der Waals surface area contributed by atoms with E-state index >= 15 is 0 Å². The van der Waals surface area contributed by atoms with E-state index in [0.29, 0.717) is 19.3 Å². The SMILES string of the molecule is CC/C=C\C/C=C\C/C=C\C/C=C\C/C=C\CCCCCCCC(=O)OC(COC(=O)CCCCCCC)COC(=O)CCCCCCCCCCCCCCCC/C=C\C/C=C\C/C=C\CCCCCCC. The fourth-order valence-corrected chi connectivity index (χ4v) is 8.48. The third-order valence-corrected chi connectivity index (χ3v) is 13.1. The minimum absolute atomic E-state index is 0.0853. The molecule has 6 nitrogen and oxygen atoms in total. The third kappa shape index (κ3) is 59.1. The lowest BCUT2D eigenvalue weighted by atomic mass is 10.0. The Labute approximate surface area is 451 Å². The Morgan fingerprint density at radius 2 is 0.534 bits per heavy atom. The molecule has 0 radical (unpaired) electrons. The Bertz CT molecular complexity index is 1440. The van der Waals surface area contributed by atoms with Crippen LogP contribution < -0.4 is 0 Å². The highest BCUT2D eigenvalue weighted by atomic mass is 16.6. The maximum Gasteiger partial charge on any atom is 0.306 e. The zero-order chi connectivity index (χ0) is 52.9. The van der Waals surface area contributed by atoms with Crippen molar-refractivity contribution >= 4 is 17.9 Å². The van der Waals surface area contributed by atoms with Gasteiger partial charge >= 0.3 is 17.9 Å². The molecule has 0 saturated carbocycles. The van der Waals surface area contributed by atoms with Crippen LogP contribution >= 0.6 is 0 Å². The average molecular weight is 1020 g/mol. The van der Waals surface area contributed by atoms with E-state index in [2.05, 4.69) is 118 Å². The van der Waals surface area contributed by atoms with Crippen LogP contribution in [0, 0.1) is 0 Å². The molecular weight excluding hydrogens is 901 g/mol. The van der Waals surface area contributed by atoms with E-state index in [1.54, 1.807) is 0 Å². The van der Waals surface area contributed by atoms with Gasteiger partial charge in [0.2, 0.25) is 0 Å². The summed E-state index contributed by atoms with van der Waals surface area (Å²) in [5.41, 5.74) is 0. The summed E-state index contributed by atoms with van der Waals surface area (Å²) in [6.45, 7) is 6.43.